The Morgan fingerprint density at radius 2 is 1.70 bits per heavy atom. The molecule has 40 heavy (non-hydrogen) atoms. The van der Waals surface area contributed by atoms with Crippen LogP contribution in [0.15, 0.2) is 0 Å². The first kappa shape index (κ1) is 32.1. The average molecular weight is 587 g/mol. The van der Waals surface area contributed by atoms with Gasteiger partial charge < -0.3 is 27.4 Å². The fourth-order valence-corrected chi connectivity index (χ4v) is 9.31. The first-order valence-electron chi connectivity index (χ1n) is 15.9. The van der Waals surface area contributed by atoms with Crippen molar-refractivity contribution in [3.63, 3.8) is 0 Å². The number of carbonyl (C=O) groups is 1. The number of halogens is 1. The fraction of sp³-hybridized carbons (Fsp3) is 0.966. The molecule has 4 rings (SSSR count). The lowest BCUT2D eigenvalue weighted by molar-refractivity contribution is -0.128. The molecule has 7 N–H and O–H groups in total. The van der Waals surface area contributed by atoms with Crippen molar-refractivity contribution in [1.82, 2.24) is 20.9 Å². The summed E-state index contributed by atoms with van der Waals surface area (Å²) in [4.78, 5) is 16.4. The molecule has 232 valence electrons. The first-order valence-corrected chi connectivity index (χ1v) is 17.9. The van der Waals surface area contributed by atoms with Crippen LogP contribution in [0.5, 0.6) is 0 Å². The van der Waals surface area contributed by atoms with Crippen molar-refractivity contribution in [2.24, 2.45) is 28.7 Å². The van der Waals surface area contributed by atoms with Crippen molar-refractivity contribution in [2.45, 2.75) is 114 Å². The number of alkyl halides is 1. The third-order valence-corrected chi connectivity index (χ3v) is 11.3. The molecule has 4 fully saturated rings. The molecule has 1 aliphatic carbocycles. The SMILES string of the molecule is CS(=O)(=O)CC1CCN(C2CCNCC2NC(=O)C(C(N)N)C2CC3(CCCCCC3)CCCC(F)CN2)CC1. The monoisotopic (exact) mass is 586 g/mol. The molecule has 3 saturated heterocycles. The maximum atomic E-state index is 14.8. The molecule has 1 saturated carbocycles. The second-order valence-corrected chi connectivity index (χ2v) is 15.7. The number of likely N-dealkylation sites (tertiary alicyclic amines) is 1. The van der Waals surface area contributed by atoms with Crippen molar-refractivity contribution in [3.05, 3.63) is 0 Å². The van der Waals surface area contributed by atoms with Crippen LogP contribution in [0.1, 0.15) is 83.5 Å². The normalized spacial score (nSPS) is 32.5. The highest BCUT2D eigenvalue weighted by Crippen LogP contribution is 2.45. The van der Waals surface area contributed by atoms with Gasteiger partial charge in [0.2, 0.25) is 5.91 Å². The van der Waals surface area contributed by atoms with Crippen molar-refractivity contribution < 1.29 is 17.6 Å². The van der Waals surface area contributed by atoms with Gasteiger partial charge in [0.15, 0.2) is 0 Å². The number of piperidine rings is 2. The van der Waals surface area contributed by atoms with E-state index in [0.29, 0.717) is 13.0 Å². The largest absolute Gasteiger partial charge is 0.350 e. The second-order valence-electron chi connectivity index (χ2n) is 13.5. The Labute approximate surface area is 241 Å². The Bertz CT molecular complexity index is 905. The first-order chi connectivity index (χ1) is 19.1. The molecule has 3 heterocycles. The molecule has 0 aromatic carbocycles. The lowest BCUT2D eigenvalue weighted by atomic mass is 9.70. The maximum absolute atomic E-state index is 14.8. The van der Waals surface area contributed by atoms with Crippen LogP contribution < -0.4 is 27.4 Å². The molecular formula is C29H55FN6O3S. The Hall–Kier alpha value is -0.850. The van der Waals surface area contributed by atoms with Crippen LogP contribution >= 0.6 is 0 Å². The van der Waals surface area contributed by atoms with Crippen LogP contribution in [-0.4, -0.2) is 94.4 Å². The van der Waals surface area contributed by atoms with E-state index in [2.05, 4.69) is 20.9 Å². The van der Waals surface area contributed by atoms with E-state index in [1.54, 1.807) is 0 Å². The molecule has 4 aliphatic rings. The zero-order valence-electron chi connectivity index (χ0n) is 24.6. The molecule has 9 nitrogen and oxygen atoms in total. The van der Waals surface area contributed by atoms with Gasteiger partial charge in [-0.25, -0.2) is 12.8 Å². The molecule has 11 heteroatoms. The number of hydrogen-bond donors (Lipinski definition) is 5. The van der Waals surface area contributed by atoms with Gasteiger partial charge in [0.05, 0.1) is 23.9 Å². The molecular weight excluding hydrogens is 531 g/mol. The van der Waals surface area contributed by atoms with Crippen LogP contribution in [-0.2, 0) is 14.6 Å². The van der Waals surface area contributed by atoms with E-state index in [1.807, 2.05) is 0 Å². The number of nitrogens with one attached hydrogen (secondary N) is 3. The Morgan fingerprint density at radius 3 is 2.35 bits per heavy atom. The third-order valence-electron chi connectivity index (χ3n) is 10.2. The summed E-state index contributed by atoms with van der Waals surface area (Å²) in [5, 5.41) is 10.2. The number of amides is 1. The lowest BCUT2D eigenvalue weighted by Crippen LogP contribution is -2.64. The van der Waals surface area contributed by atoms with Gasteiger partial charge in [-0.2, -0.15) is 0 Å². The predicted octanol–water partition coefficient (Wildman–Crippen LogP) is 1.66. The van der Waals surface area contributed by atoms with E-state index in [9.17, 15) is 17.6 Å². The minimum Gasteiger partial charge on any atom is -0.350 e. The second kappa shape index (κ2) is 14.6. The third kappa shape index (κ3) is 9.07. The predicted molar refractivity (Wildman–Crippen MR) is 158 cm³/mol. The number of rotatable bonds is 7. The molecule has 1 amide bonds. The Balaban J connectivity index is 1.45. The van der Waals surface area contributed by atoms with Crippen molar-refractivity contribution in [3.8, 4) is 0 Å². The average Bonchev–Trinajstić information content (AvgIpc) is 3.08. The van der Waals surface area contributed by atoms with Gasteiger partial charge >= 0.3 is 0 Å². The lowest BCUT2D eigenvalue weighted by Gasteiger charge is -2.44. The van der Waals surface area contributed by atoms with Gasteiger partial charge in [-0.05, 0) is 88.8 Å². The Morgan fingerprint density at radius 1 is 1.02 bits per heavy atom. The van der Waals surface area contributed by atoms with Gasteiger partial charge in [0.25, 0.3) is 0 Å². The summed E-state index contributed by atoms with van der Waals surface area (Å²) < 4.78 is 38.3. The van der Waals surface area contributed by atoms with Crippen molar-refractivity contribution >= 4 is 15.7 Å². The van der Waals surface area contributed by atoms with E-state index >= 15 is 0 Å². The zero-order chi connectivity index (χ0) is 28.8. The van der Waals surface area contributed by atoms with Crippen LogP contribution in [0.25, 0.3) is 0 Å². The van der Waals surface area contributed by atoms with E-state index in [0.717, 1.165) is 71.0 Å². The zero-order valence-corrected chi connectivity index (χ0v) is 25.4. The molecule has 1 spiro atoms. The van der Waals surface area contributed by atoms with Gasteiger partial charge in [-0.1, -0.05) is 25.7 Å². The standard InChI is InChI=1S/C29H55FN6O3S/c1-40(38,39)20-21-9-15-36(16-10-21)25-8-14-33-19-24(25)35-28(37)26(27(31)32)23-17-29(11-4-2-3-5-12-29)13-6-7-22(30)18-34-23/h21-27,33-34H,2-20,31-32H2,1H3,(H,35,37). The van der Waals surface area contributed by atoms with Crippen LogP contribution in [0.4, 0.5) is 4.39 Å². The molecule has 0 bridgehead atoms. The summed E-state index contributed by atoms with van der Waals surface area (Å²) in [5.41, 5.74) is 12.8. The van der Waals surface area contributed by atoms with E-state index in [-0.39, 0.29) is 47.7 Å². The molecule has 0 aromatic rings. The molecule has 0 radical (unpaired) electrons. The quantitative estimate of drug-likeness (QED) is 0.284. The summed E-state index contributed by atoms with van der Waals surface area (Å²) in [6, 6.07) is -0.182. The molecule has 5 unspecified atom stereocenters. The Kier molecular flexibility index (Phi) is 11.7. The summed E-state index contributed by atoms with van der Waals surface area (Å²) in [5.74, 6) is -0.338. The highest BCUT2D eigenvalue weighted by Gasteiger charge is 2.42. The summed E-state index contributed by atoms with van der Waals surface area (Å²) in [7, 11) is -2.98. The van der Waals surface area contributed by atoms with Crippen LogP contribution in [0, 0.1) is 17.3 Å². The maximum Gasteiger partial charge on any atom is 0.227 e. The van der Waals surface area contributed by atoms with Crippen molar-refractivity contribution in [1.29, 1.82) is 0 Å². The van der Waals surface area contributed by atoms with Gasteiger partial charge in [0, 0.05) is 31.4 Å². The number of carbonyl (C=O) groups excluding carboxylic acids is 1. The smallest absolute Gasteiger partial charge is 0.227 e. The van der Waals surface area contributed by atoms with E-state index in [1.165, 1.54) is 31.9 Å². The summed E-state index contributed by atoms with van der Waals surface area (Å²) in [6.45, 7) is 3.45. The number of nitrogens with zero attached hydrogens (tertiary/aromatic N) is 1. The van der Waals surface area contributed by atoms with Gasteiger partial charge in [-0.3, -0.25) is 9.69 Å². The highest BCUT2D eigenvalue weighted by molar-refractivity contribution is 7.90. The summed E-state index contributed by atoms with van der Waals surface area (Å²) >= 11 is 0. The van der Waals surface area contributed by atoms with Gasteiger partial charge in [-0.15, -0.1) is 0 Å². The summed E-state index contributed by atoms with van der Waals surface area (Å²) in [6.07, 6.45) is 12.5. The topological polar surface area (TPSA) is 143 Å². The number of nitrogens with two attached hydrogens (primary N) is 2. The number of hydrogen-bond acceptors (Lipinski definition) is 8. The number of sulfone groups is 1. The minimum absolute atomic E-state index is 0.0916. The molecule has 3 aliphatic heterocycles. The molecule has 5 atom stereocenters. The highest BCUT2D eigenvalue weighted by atomic mass is 32.2. The fourth-order valence-electron chi connectivity index (χ4n) is 8.12. The van der Waals surface area contributed by atoms with Crippen LogP contribution in [0.2, 0.25) is 0 Å². The van der Waals surface area contributed by atoms with E-state index in [4.69, 9.17) is 11.5 Å². The van der Waals surface area contributed by atoms with Crippen molar-refractivity contribution in [2.75, 3.05) is 44.7 Å². The van der Waals surface area contributed by atoms with Gasteiger partial charge in [0.1, 0.15) is 16.0 Å². The molecule has 0 aromatic heterocycles. The van der Waals surface area contributed by atoms with Crippen LogP contribution in [0.3, 0.4) is 0 Å². The van der Waals surface area contributed by atoms with E-state index < -0.39 is 28.1 Å². The minimum atomic E-state index is -2.98.